The topological polar surface area (TPSA) is 30.5 Å². The zero-order chi connectivity index (χ0) is 14.1. The molecule has 19 heavy (non-hydrogen) atoms. The third-order valence-corrected chi connectivity index (χ3v) is 3.32. The van der Waals surface area contributed by atoms with Crippen molar-refractivity contribution in [3.8, 4) is 0 Å². The van der Waals surface area contributed by atoms with Gasteiger partial charge in [0.25, 0.3) is 0 Å². The summed E-state index contributed by atoms with van der Waals surface area (Å²) in [6.07, 6.45) is 0.805. The Kier molecular flexibility index (Phi) is 8.21. The zero-order valence-electron chi connectivity index (χ0n) is 11.4. The zero-order valence-corrected chi connectivity index (χ0v) is 13.0. The van der Waals surface area contributed by atoms with Crippen LogP contribution < -0.4 is 5.32 Å². The van der Waals surface area contributed by atoms with Gasteiger partial charge < -0.3 is 14.8 Å². The molecule has 0 aromatic heterocycles. The molecule has 0 amide bonds. The van der Waals surface area contributed by atoms with Gasteiger partial charge in [0.2, 0.25) is 0 Å². The first-order chi connectivity index (χ1) is 9.17. The van der Waals surface area contributed by atoms with Crippen LogP contribution in [-0.2, 0) is 15.9 Å². The summed E-state index contributed by atoms with van der Waals surface area (Å²) in [6, 6.07) is 5.32. The standard InChI is InChI=1S/C14H21BrFNO2/c1-3-17-12(10-19-7-6-18-2)8-11-4-5-14(16)13(15)9-11/h4-5,9,12,17H,3,6-8,10H2,1-2H3. The molecule has 0 saturated carbocycles. The van der Waals surface area contributed by atoms with Gasteiger partial charge in [-0.1, -0.05) is 13.0 Å². The smallest absolute Gasteiger partial charge is 0.137 e. The van der Waals surface area contributed by atoms with Crippen molar-refractivity contribution in [1.82, 2.24) is 5.32 Å². The van der Waals surface area contributed by atoms with E-state index < -0.39 is 0 Å². The van der Waals surface area contributed by atoms with Crippen LogP contribution in [0.5, 0.6) is 0 Å². The highest BCUT2D eigenvalue weighted by Crippen LogP contribution is 2.17. The molecule has 1 aromatic rings. The van der Waals surface area contributed by atoms with Gasteiger partial charge in [-0.05, 0) is 46.6 Å². The van der Waals surface area contributed by atoms with E-state index in [1.54, 1.807) is 13.2 Å². The van der Waals surface area contributed by atoms with Crippen LogP contribution in [0.2, 0.25) is 0 Å². The fourth-order valence-electron chi connectivity index (χ4n) is 1.80. The second-order valence-corrected chi connectivity index (χ2v) is 5.13. The predicted octanol–water partition coefficient (Wildman–Crippen LogP) is 2.77. The summed E-state index contributed by atoms with van der Waals surface area (Å²) < 4.78 is 24.2. The fraction of sp³-hybridized carbons (Fsp3) is 0.571. The number of rotatable bonds is 9. The minimum absolute atomic E-state index is 0.221. The van der Waals surface area contributed by atoms with Gasteiger partial charge in [0.05, 0.1) is 24.3 Å². The van der Waals surface area contributed by atoms with E-state index in [9.17, 15) is 4.39 Å². The number of methoxy groups -OCH3 is 1. The Balaban J connectivity index is 2.49. The number of likely N-dealkylation sites (N-methyl/N-ethyl adjacent to an activating group) is 1. The average Bonchev–Trinajstić information content (AvgIpc) is 2.39. The van der Waals surface area contributed by atoms with Crippen LogP contribution in [0.25, 0.3) is 0 Å². The number of hydrogen-bond acceptors (Lipinski definition) is 3. The Morgan fingerprint density at radius 2 is 2.16 bits per heavy atom. The first kappa shape index (κ1) is 16.6. The summed E-state index contributed by atoms with van der Waals surface area (Å²) in [6.45, 7) is 4.74. The van der Waals surface area contributed by atoms with Gasteiger partial charge in [0.1, 0.15) is 5.82 Å². The third-order valence-electron chi connectivity index (χ3n) is 2.71. The molecule has 1 N–H and O–H groups in total. The van der Waals surface area contributed by atoms with Crippen molar-refractivity contribution < 1.29 is 13.9 Å². The first-order valence-corrected chi connectivity index (χ1v) is 7.20. The van der Waals surface area contributed by atoms with Crippen LogP contribution in [0.15, 0.2) is 22.7 Å². The van der Waals surface area contributed by atoms with E-state index in [0.29, 0.717) is 24.3 Å². The molecule has 0 aliphatic heterocycles. The van der Waals surface area contributed by atoms with Crippen LogP contribution in [-0.4, -0.2) is 39.5 Å². The molecule has 5 heteroatoms. The monoisotopic (exact) mass is 333 g/mol. The summed E-state index contributed by atoms with van der Waals surface area (Å²) in [4.78, 5) is 0. The maximum atomic E-state index is 13.2. The molecule has 0 bridgehead atoms. The van der Waals surface area contributed by atoms with Crippen molar-refractivity contribution in [2.24, 2.45) is 0 Å². The quantitative estimate of drug-likeness (QED) is 0.705. The molecule has 0 heterocycles. The van der Waals surface area contributed by atoms with Gasteiger partial charge in [0.15, 0.2) is 0 Å². The lowest BCUT2D eigenvalue weighted by atomic mass is 10.1. The lowest BCUT2D eigenvalue weighted by Gasteiger charge is -2.18. The second-order valence-electron chi connectivity index (χ2n) is 4.27. The highest BCUT2D eigenvalue weighted by Gasteiger charge is 2.10. The second kappa shape index (κ2) is 9.42. The van der Waals surface area contributed by atoms with E-state index in [2.05, 4.69) is 28.2 Å². The summed E-state index contributed by atoms with van der Waals surface area (Å²) >= 11 is 3.20. The van der Waals surface area contributed by atoms with E-state index in [1.165, 1.54) is 6.07 Å². The van der Waals surface area contributed by atoms with Gasteiger partial charge in [0, 0.05) is 13.2 Å². The van der Waals surface area contributed by atoms with Crippen LogP contribution >= 0.6 is 15.9 Å². The molecule has 0 saturated heterocycles. The normalized spacial score (nSPS) is 12.6. The van der Waals surface area contributed by atoms with Crippen molar-refractivity contribution in [3.63, 3.8) is 0 Å². The fourth-order valence-corrected chi connectivity index (χ4v) is 2.22. The first-order valence-electron chi connectivity index (χ1n) is 6.41. The van der Waals surface area contributed by atoms with Gasteiger partial charge >= 0.3 is 0 Å². The number of ether oxygens (including phenoxy) is 2. The highest BCUT2D eigenvalue weighted by molar-refractivity contribution is 9.10. The summed E-state index contributed by atoms with van der Waals surface area (Å²) in [5.41, 5.74) is 1.08. The maximum Gasteiger partial charge on any atom is 0.137 e. The SMILES string of the molecule is CCNC(COCCOC)Cc1ccc(F)c(Br)c1. The molecule has 1 rings (SSSR count). The summed E-state index contributed by atoms with van der Waals surface area (Å²) in [5.74, 6) is -0.236. The Morgan fingerprint density at radius 1 is 1.37 bits per heavy atom. The van der Waals surface area contributed by atoms with Crippen LogP contribution in [0.1, 0.15) is 12.5 Å². The molecular weight excluding hydrogens is 313 g/mol. The molecule has 1 unspecified atom stereocenters. The molecule has 0 spiro atoms. The molecular formula is C14H21BrFNO2. The van der Waals surface area contributed by atoms with Gasteiger partial charge in [-0.3, -0.25) is 0 Å². The van der Waals surface area contributed by atoms with E-state index in [-0.39, 0.29) is 11.9 Å². The van der Waals surface area contributed by atoms with Crippen molar-refractivity contribution >= 4 is 15.9 Å². The molecule has 0 aliphatic rings. The van der Waals surface area contributed by atoms with Crippen molar-refractivity contribution in [1.29, 1.82) is 0 Å². The van der Waals surface area contributed by atoms with Gasteiger partial charge in [-0.15, -0.1) is 0 Å². The maximum absolute atomic E-state index is 13.2. The van der Waals surface area contributed by atoms with E-state index in [4.69, 9.17) is 9.47 Å². The predicted molar refractivity (Wildman–Crippen MR) is 78.0 cm³/mol. The molecule has 0 fully saturated rings. The minimum atomic E-state index is -0.236. The molecule has 1 aromatic carbocycles. The van der Waals surface area contributed by atoms with E-state index in [1.807, 2.05) is 6.07 Å². The Bertz CT molecular complexity index is 376. The van der Waals surface area contributed by atoms with E-state index >= 15 is 0 Å². The highest BCUT2D eigenvalue weighted by atomic mass is 79.9. The number of nitrogens with one attached hydrogen (secondary N) is 1. The molecule has 0 radical (unpaired) electrons. The summed E-state index contributed by atoms with van der Waals surface area (Å²) in [7, 11) is 1.65. The van der Waals surface area contributed by atoms with Crippen molar-refractivity contribution in [3.05, 3.63) is 34.1 Å². The van der Waals surface area contributed by atoms with Crippen LogP contribution in [0.4, 0.5) is 4.39 Å². The molecule has 3 nitrogen and oxygen atoms in total. The number of benzene rings is 1. The number of hydrogen-bond donors (Lipinski definition) is 1. The average molecular weight is 334 g/mol. The lowest BCUT2D eigenvalue weighted by molar-refractivity contribution is 0.0589. The molecule has 0 aliphatic carbocycles. The molecule has 108 valence electrons. The van der Waals surface area contributed by atoms with Crippen molar-refractivity contribution in [2.75, 3.05) is 33.5 Å². The third kappa shape index (κ3) is 6.47. The largest absolute Gasteiger partial charge is 0.382 e. The lowest BCUT2D eigenvalue weighted by Crippen LogP contribution is -2.35. The van der Waals surface area contributed by atoms with Gasteiger partial charge in [-0.2, -0.15) is 0 Å². The van der Waals surface area contributed by atoms with E-state index in [0.717, 1.165) is 18.5 Å². The van der Waals surface area contributed by atoms with Crippen molar-refractivity contribution in [2.45, 2.75) is 19.4 Å². The molecule has 1 atom stereocenters. The Hall–Kier alpha value is -0.490. The minimum Gasteiger partial charge on any atom is -0.382 e. The van der Waals surface area contributed by atoms with Gasteiger partial charge in [-0.25, -0.2) is 4.39 Å². The summed E-state index contributed by atoms with van der Waals surface area (Å²) in [5, 5.41) is 3.37. The number of halogens is 2. The van der Waals surface area contributed by atoms with Crippen LogP contribution in [0, 0.1) is 5.82 Å². The Labute approximate surface area is 122 Å². The van der Waals surface area contributed by atoms with Crippen LogP contribution in [0.3, 0.4) is 0 Å². The Morgan fingerprint density at radius 3 is 2.79 bits per heavy atom.